The van der Waals surface area contributed by atoms with Gasteiger partial charge in [0.1, 0.15) is 22.9 Å². The van der Waals surface area contributed by atoms with Gasteiger partial charge >= 0.3 is 5.97 Å². The van der Waals surface area contributed by atoms with Crippen LogP contribution in [0.25, 0.3) is 0 Å². The van der Waals surface area contributed by atoms with E-state index in [1.807, 2.05) is 25.1 Å². The molecule has 1 rings (SSSR count). The quantitative estimate of drug-likeness (QED) is 0.413. The zero-order chi connectivity index (χ0) is 15.0. The fourth-order valence-electron chi connectivity index (χ4n) is 1.63. The fourth-order valence-corrected chi connectivity index (χ4v) is 1.95. The van der Waals surface area contributed by atoms with E-state index >= 15 is 0 Å². The lowest BCUT2D eigenvalue weighted by atomic mass is 10.1. The second-order valence-corrected chi connectivity index (χ2v) is 5.10. The van der Waals surface area contributed by atoms with Gasteiger partial charge in [-0.05, 0) is 31.5 Å². The van der Waals surface area contributed by atoms with E-state index < -0.39 is 4.83 Å². The van der Waals surface area contributed by atoms with Crippen molar-refractivity contribution in [1.82, 2.24) is 0 Å². The Morgan fingerprint density at radius 2 is 2.20 bits per heavy atom. The maximum Gasteiger partial charge on any atom is 0.322 e. The lowest BCUT2D eigenvalue weighted by Crippen LogP contribution is -2.23. The summed E-state index contributed by atoms with van der Waals surface area (Å²) in [6, 6.07) is 5.59. The van der Waals surface area contributed by atoms with Crippen molar-refractivity contribution in [2.45, 2.75) is 18.2 Å². The molecule has 0 aliphatic carbocycles. The van der Waals surface area contributed by atoms with Crippen molar-refractivity contribution < 1.29 is 19.0 Å². The highest BCUT2D eigenvalue weighted by atomic mass is 79.9. The predicted molar refractivity (Wildman–Crippen MR) is 81.7 cm³/mol. The maximum absolute atomic E-state index is 11.3. The number of halogens is 1. The van der Waals surface area contributed by atoms with Crippen molar-refractivity contribution >= 4 is 21.9 Å². The number of benzene rings is 1. The molecular formula is C15H19BrO4. The van der Waals surface area contributed by atoms with E-state index in [9.17, 15) is 4.79 Å². The second-order valence-electron chi connectivity index (χ2n) is 4.00. The van der Waals surface area contributed by atoms with Crippen molar-refractivity contribution in [2.75, 3.05) is 20.3 Å². The number of carbonyl (C=O) groups is 1. The summed E-state index contributed by atoms with van der Waals surface area (Å²) in [5.41, 5.74) is 0.968. The monoisotopic (exact) mass is 342 g/mol. The van der Waals surface area contributed by atoms with Gasteiger partial charge in [0.2, 0.25) is 0 Å². The summed E-state index contributed by atoms with van der Waals surface area (Å²) in [5, 5.41) is 0. The van der Waals surface area contributed by atoms with Gasteiger partial charge < -0.3 is 14.2 Å². The lowest BCUT2D eigenvalue weighted by molar-refractivity contribution is -0.140. The molecule has 0 saturated heterocycles. The molecule has 0 aliphatic heterocycles. The van der Waals surface area contributed by atoms with Crippen LogP contribution < -0.4 is 9.47 Å². The van der Waals surface area contributed by atoms with Crippen molar-refractivity contribution in [3.05, 3.63) is 36.4 Å². The summed E-state index contributed by atoms with van der Waals surface area (Å²) in [7, 11) is 1.34. The van der Waals surface area contributed by atoms with Crippen molar-refractivity contribution in [1.29, 1.82) is 0 Å². The number of ether oxygens (including phenoxy) is 3. The van der Waals surface area contributed by atoms with E-state index in [0.29, 0.717) is 18.8 Å². The number of esters is 1. The number of rotatable bonds is 8. The summed E-state index contributed by atoms with van der Waals surface area (Å²) < 4.78 is 15.7. The smallest absolute Gasteiger partial charge is 0.322 e. The van der Waals surface area contributed by atoms with Crippen LogP contribution in [0, 0.1) is 0 Å². The Kier molecular flexibility index (Phi) is 7.15. The van der Waals surface area contributed by atoms with E-state index in [1.165, 1.54) is 7.11 Å². The van der Waals surface area contributed by atoms with Gasteiger partial charge in [0.05, 0.1) is 13.7 Å². The van der Waals surface area contributed by atoms with Crippen LogP contribution in [-0.2, 0) is 16.0 Å². The Balaban J connectivity index is 2.77. The SMILES string of the molecule is C=CCc1cc(OCC)ccc1OCC(Br)C(=O)OC. The van der Waals surface area contributed by atoms with Crippen LogP contribution in [0.5, 0.6) is 11.5 Å². The number of carbonyl (C=O) groups excluding carboxylic acids is 1. The van der Waals surface area contributed by atoms with Gasteiger partial charge in [-0.2, -0.15) is 0 Å². The summed E-state index contributed by atoms with van der Waals surface area (Å²) in [6.07, 6.45) is 2.46. The largest absolute Gasteiger partial charge is 0.494 e. The molecule has 0 amide bonds. The molecule has 20 heavy (non-hydrogen) atoms. The predicted octanol–water partition coefficient (Wildman–Crippen LogP) is 3.13. The van der Waals surface area contributed by atoms with Gasteiger partial charge in [-0.15, -0.1) is 6.58 Å². The molecule has 1 atom stereocenters. The van der Waals surface area contributed by atoms with Crippen LogP contribution >= 0.6 is 15.9 Å². The van der Waals surface area contributed by atoms with Crippen LogP contribution in [0.2, 0.25) is 0 Å². The van der Waals surface area contributed by atoms with Gasteiger partial charge in [-0.3, -0.25) is 4.79 Å². The number of alkyl halides is 1. The Morgan fingerprint density at radius 1 is 1.45 bits per heavy atom. The average molecular weight is 343 g/mol. The molecule has 110 valence electrons. The molecule has 0 N–H and O–H groups in total. The summed E-state index contributed by atoms with van der Waals surface area (Å²) in [6.45, 7) is 6.47. The van der Waals surface area contributed by atoms with E-state index in [2.05, 4.69) is 27.2 Å². The Hall–Kier alpha value is -1.49. The Morgan fingerprint density at radius 3 is 2.80 bits per heavy atom. The molecule has 1 unspecified atom stereocenters. The number of hydrogen-bond donors (Lipinski definition) is 0. The minimum Gasteiger partial charge on any atom is -0.494 e. The zero-order valence-corrected chi connectivity index (χ0v) is 13.3. The first kappa shape index (κ1) is 16.6. The summed E-state index contributed by atoms with van der Waals surface area (Å²) in [5.74, 6) is 1.14. The van der Waals surface area contributed by atoms with Crippen molar-refractivity contribution in [3.8, 4) is 11.5 Å². The van der Waals surface area contributed by atoms with Crippen LogP contribution in [0.1, 0.15) is 12.5 Å². The Labute approximate surface area is 127 Å². The van der Waals surface area contributed by atoms with Crippen molar-refractivity contribution in [3.63, 3.8) is 0 Å². The van der Waals surface area contributed by atoms with Crippen LogP contribution in [-0.4, -0.2) is 31.1 Å². The molecule has 5 heteroatoms. The third kappa shape index (κ3) is 4.89. The molecule has 0 aromatic heterocycles. The van der Waals surface area contributed by atoms with Crippen LogP contribution in [0.3, 0.4) is 0 Å². The molecule has 0 radical (unpaired) electrons. The number of allylic oxidation sites excluding steroid dienone is 1. The zero-order valence-electron chi connectivity index (χ0n) is 11.7. The first-order valence-electron chi connectivity index (χ1n) is 6.33. The molecule has 0 spiro atoms. The van der Waals surface area contributed by atoms with Crippen LogP contribution in [0.15, 0.2) is 30.9 Å². The summed E-state index contributed by atoms with van der Waals surface area (Å²) in [4.78, 5) is 10.8. The highest BCUT2D eigenvalue weighted by Gasteiger charge is 2.16. The van der Waals surface area contributed by atoms with Gasteiger partial charge in [0.25, 0.3) is 0 Å². The molecule has 0 bridgehead atoms. The number of methoxy groups -OCH3 is 1. The second kappa shape index (κ2) is 8.64. The first-order valence-corrected chi connectivity index (χ1v) is 7.25. The van der Waals surface area contributed by atoms with Gasteiger partial charge in [-0.25, -0.2) is 0 Å². The van der Waals surface area contributed by atoms with Gasteiger partial charge in [0, 0.05) is 5.56 Å². The third-order valence-electron chi connectivity index (χ3n) is 2.55. The highest BCUT2D eigenvalue weighted by molar-refractivity contribution is 9.10. The van der Waals surface area contributed by atoms with E-state index in [0.717, 1.165) is 11.3 Å². The minimum absolute atomic E-state index is 0.199. The lowest BCUT2D eigenvalue weighted by Gasteiger charge is -2.14. The Bertz CT molecular complexity index is 459. The standard InChI is InChI=1S/C15H19BrO4/c1-4-6-11-9-12(19-5-2)7-8-14(11)20-10-13(16)15(17)18-3/h4,7-9,13H,1,5-6,10H2,2-3H3. The molecule has 0 fully saturated rings. The van der Waals surface area contributed by atoms with Crippen LogP contribution in [0.4, 0.5) is 0 Å². The van der Waals surface area contributed by atoms with E-state index in [-0.39, 0.29) is 12.6 Å². The molecule has 1 aromatic rings. The molecule has 0 saturated carbocycles. The highest BCUT2D eigenvalue weighted by Crippen LogP contribution is 2.25. The minimum atomic E-state index is -0.490. The van der Waals surface area contributed by atoms with E-state index in [4.69, 9.17) is 9.47 Å². The molecule has 4 nitrogen and oxygen atoms in total. The number of hydrogen-bond acceptors (Lipinski definition) is 4. The molecule has 0 heterocycles. The topological polar surface area (TPSA) is 44.8 Å². The van der Waals surface area contributed by atoms with Gasteiger partial charge in [0.15, 0.2) is 0 Å². The summed E-state index contributed by atoms with van der Waals surface area (Å²) >= 11 is 3.22. The van der Waals surface area contributed by atoms with Gasteiger partial charge in [-0.1, -0.05) is 22.0 Å². The molecule has 0 aliphatic rings. The van der Waals surface area contributed by atoms with Crippen molar-refractivity contribution in [2.24, 2.45) is 0 Å². The maximum atomic E-state index is 11.3. The third-order valence-corrected chi connectivity index (χ3v) is 3.19. The normalized spacial score (nSPS) is 11.6. The average Bonchev–Trinajstić information content (AvgIpc) is 2.46. The fraction of sp³-hybridized carbons (Fsp3) is 0.400. The molecular weight excluding hydrogens is 324 g/mol. The van der Waals surface area contributed by atoms with E-state index in [1.54, 1.807) is 6.08 Å². The first-order chi connectivity index (χ1) is 9.62. The molecule has 1 aromatic carbocycles.